The number of nitrogens with one attached hydrogen (secondary N) is 1. The molecule has 0 saturated heterocycles. The van der Waals surface area contributed by atoms with Crippen molar-refractivity contribution in [3.05, 3.63) is 67.1 Å². The number of rotatable bonds is 5. The molecule has 0 aliphatic heterocycles. The maximum atomic E-state index is 6.37. The first kappa shape index (κ1) is 17.1. The third-order valence-corrected chi connectivity index (χ3v) is 5.23. The van der Waals surface area contributed by atoms with Crippen LogP contribution in [0.2, 0.25) is 15.1 Å². The van der Waals surface area contributed by atoms with Crippen LogP contribution >= 0.6 is 50.7 Å². The van der Waals surface area contributed by atoms with E-state index in [9.17, 15) is 0 Å². The number of hydrogen-bond acceptors (Lipinski definition) is 1. The van der Waals surface area contributed by atoms with Crippen molar-refractivity contribution in [3.63, 3.8) is 0 Å². The van der Waals surface area contributed by atoms with Crippen LogP contribution in [0.25, 0.3) is 0 Å². The van der Waals surface area contributed by atoms with Gasteiger partial charge in [0, 0.05) is 4.47 Å². The Labute approximate surface area is 148 Å². The molecule has 5 heteroatoms. The Morgan fingerprint density at radius 3 is 2.52 bits per heavy atom. The molecule has 0 radical (unpaired) electrons. The molecule has 1 N–H and O–H groups in total. The molecule has 0 amide bonds. The van der Waals surface area contributed by atoms with Crippen LogP contribution in [0.1, 0.15) is 30.5 Å². The SMILES string of the molecule is CCCNC(c1ccc(Br)c(Cl)c1)c1cccc(Cl)c1Cl. The van der Waals surface area contributed by atoms with Gasteiger partial charge in [-0.3, -0.25) is 0 Å². The minimum atomic E-state index is -0.0400. The van der Waals surface area contributed by atoms with Crippen molar-refractivity contribution in [3.8, 4) is 0 Å². The number of hydrogen-bond donors (Lipinski definition) is 1. The fraction of sp³-hybridized carbons (Fsp3) is 0.250. The Bertz CT molecular complexity index is 631. The van der Waals surface area contributed by atoms with Crippen LogP contribution in [-0.4, -0.2) is 6.54 Å². The Morgan fingerprint density at radius 1 is 1.10 bits per heavy atom. The lowest BCUT2D eigenvalue weighted by Crippen LogP contribution is -2.23. The minimum Gasteiger partial charge on any atom is -0.306 e. The highest BCUT2D eigenvalue weighted by atomic mass is 79.9. The fourth-order valence-electron chi connectivity index (χ4n) is 2.13. The number of benzene rings is 2. The van der Waals surface area contributed by atoms with Crippen LogP contribution in [-0.2, 0) is 0 Å². The van der Waals surface area contributed by atoms with E-state index in [-0.39, 0.29) is 6.04 Å². The predicted molar refractivity (Wildman–Crippen MR) is 95.8 cm³/mol. The van der Waals surface area contributed by atoms with Crippen LogP contribution in [0, 0.1) is 0 Å². The van der Waals surface area contributed by atoms with Crippen molar-refractivity contribution in [2.75, 3.05) is 6.54 Å². The van der Waals surface area contributed by atoms with Crippen LogP contribution in [0.5, 0.6) is 0 Å². The first-order chi connectivity index (χ1) is 10.0. The zero-order valence-electron chi connectivity index (χ0n) is 11.5. The first-order valence-electron chi connectivity index (χ1n) is 6.66. The fourth-order valence-corrected chi connectivity index (χ4v) is 2.98. The molecular formula is C16H15BrCl3N. The van der Waals surface area contributed by atoms with Gasteiger partial charge in [-0.2, -0.15) is 0 Å². The average molecular weight is 408 g/mol. The van der Waals surface area contributed by atoms with Gasteiger partial charge in [0.2, 0.25) is 0 Å². The predicted octanol–water partition coefficient (Wildman–Crippen LogP) is 6.50. The molecule has 1 atom stereocenters. The maximum Gasteiger partial charge on any atom is 0.0643 e. The van der Waals surface area contributed by atoms with E-state index in [2.05, 4.69) is 28.2 Å². The van der Waals surface area contributed by atoms with Gasteiger partial charge in [0.1, 0.15) is 0 Å². The van der Waals surface area contributed by atoms with Gasteiger partial charge in [0.25, 0.3) is 0 Å². The summed E-state index contributed by atoms with van der Waals surface area (Å²) in [5.41, 5.74) is 2.01. The standard InChI is InChI=1S/C16H15BrCl3N/c1-2-8-21-16(10-6-7-12(17)14(19)9-10)11-4-3-5-13(18)15(11)20/h3-7,9,16,21H,2,8H2,1H3. The Hall–Kier alpha value is -0.250. The van der Waals surface area contributed by atoms with E-state index < -0.39 is 0 Å². The first-order valence-corrected chi connectivity index (χ1v) is 8.59. The smallest absolute Gasteiger partial charge is 0.0643 e. The van der Waals surface area contributed by atoms with Crippen molar-refractivity contribution in [2.24, 2.45) is 0 Å². The van der Waals surface area contributed by atoms with E-state index in [1.54, 1.807) is 6.07 Å². The van der Waals surface area contributed by atoms with Crippen molar-refractivity contribution in [1.82, 2.24) is 5.32 Å². The monoisotopic (exact) mass is 405 g/mol. The van der Waals surface area contributed by atoms with Gasteiger partial charge in [-0.15, -0.1) is 0 Å². The molecule has 0 aromatic heterocycles. The summed E-state index contributed by atoms with van der Waals surface area (Å²) in [6.45, 7) is 3.00. The van der Waals surface area contributed by atoms with Gasteiger partial charge in [0.15, 0.2) is 0 Å². The molecular weight excluding hydrogens is 392 g/mol. The molecule has 2 rings (SSSR count). The molecule has 1 nitrogen and oxygen atoms in total. The van der Waals surface area contributed by atoms with E-state index in [1.807, 2.05) is 30.3 Å². The van der Waals surface area contributed by atoms with Crippen molar-refractivity contribution < 1.29 is 0 Å². The van der Waals surface area contributed by atoms with E-state index in [0.717, 1.165) is 28.6 Å². The largest absolute Gasteiger partial charge is 0.306 e. The second kappa shape index (κ2) is 7.85. The van der Waals surface area contributed by atoms with Gasteiger partial charge >= 0.3 is 0 Å². The van der Waals surface area contributed by atoms with Gasteiger partial charge in [0.05, 0.1) is 21.1 Å². The highest BCUT2D eigenvalue weighted by Crippen LogP contribution is 2.35. The summed E-state index contributed by atoms with van der Waals surface area (Å²) in [6, 6.07) is 11.6. The molecule has 1 unspecified atom stereocenters. The zero-order chi connectivity index (χ0) is 15.4. The van der Waals surface area contributed by atoms with Crippen molar-refractivity contribution in [2.45, 2.75) is 19.4 Å². The summed E-state index contributed by atoms with van der Waals surface area (Å²) in [4.78, 5) is 0. The number of halogens is 4. The summed E-state index contributed by atoms with van der Waals surface area (Å²) in [5.74, 6) is 0. The third kappa shape index (κ3) is 4.14. The Morgan fingerprint density at radius 2 is 1.86 bits per heavy atom. The van der Waals surface area contributed by atoms with Crippen LogP contribution in [0.4, 0.5) is 0 Å². The summed E-state index contributed by atoms with van der Waals surface area (Å²) >= 11 is 22.1. The molecule has 112 valence electrons. The third-order valence-electron chi connectivity index (χ3n) is 3.17. The second-order valence-corrected chi connectivity index (χ2v) is 6.75. The highest BCUT2D eigenvalue weighted by molar-refractivity contribution is 9.10. The highest BCUT2D eigenvalue weighted by Gasteiger charge is 2.18. The molecule has 0 aliphatic carbocycles. The summed E-state index contributed by atoms with van der Waals surface area (Å²) < 4.78 is 0.874. The zero-order valence-corrected chi connectivity index (χ0v) is 15.3. The van der Waals surface area contributed by atoms with E-state index in [0.29, 0.717) is 15.1 Å². The quantitative estimate of drug-likeness (QED) is 0.597. The lowest BCUT2D eigenvalue weighted by molar-refractivity contribution is 0.599. The molecule has 0 bridgehead atoms. The molecule has 2 aromatic rings. The molecule has 0 heterocycles. The van der Waals surface area contributed by atoms with E-state index in [4.69, 9.17) is 34.8 Å². The van der Waals surface area contributed by atoms with Gasteiger partial charge in [-0.05, 0) is 58.2 Å². The normalized spacial score (nSPS) is 12.4. The maximum absolute atomic E-state index is 6.37. The molecule has 2 aromatic carbocycles. The van der Waals surface area contributed by atoms with Crippen molar-refractivity contribution >= 4 is 50.7 Å². The van der Waals surface area contributed by atoms with E-state index >= 15 is 0 Å². The summed E-state index contributed by atoms with van der Waals surface area (Å²) in [5, 5.41) is 5.31. The van der Waals surface area contributed by atoms with Gasteiger partial charge in [-0.1, -0.05) is 59.9 Å². The molecule has 0 fully saturated rings. The molecule has 21 heavy (non-hydrogen) atoms. The minimum absolute atomic E-state index is 0.0400. The summed E-state index contributed by atoms with van der Waals surface area (Å²) in [7, 11) is 0. The topological polar surface area (TPSA) is 12.0 Å². The molecule has 0 spiro atoms. The Kier molecular flexibility index (Phi) is 6.39. The van der Waals surface area contributed by atoms with Crippen LogP contribution < -0.4 is 5.32 Å². The van der Waals surface area contributed by atoms with Crippen molar-refractivity contribution in [1.29, 1.82) is 0 Å². The van der Waals surface area contributed by atoms with Crippen LogP contribution in [0.3, 0.4) is 0 Å². The molecule has 0 saturated carbocycles. The molecule has 0 aliphatic rings. The lowest BCUT2D eigenvalue weighted by atomic mass is 9.98. The lowest BCUT2D eigenvalue weighted by Gasteiger charge is -2.21. The summed E-state index contributed by atoms with van der Waals surface area (Å²) in [6.07, 6.45) is 1.03. The van der Waals surface area contributed by atoms with E-state index in [1.165, 1.54) is 0 Å². The van der Waals surface area contributed by atoms with Gasteiger partial charge < -0.3 is 5.32 Å². The van der Waals surface area contributed by atoms with Gasteiger partial charge in [-0.25, -0.2) is 0 Å². The average Bonchev–Trinajstić information content (AvgIpc) is 2.47. The Balaban J connectivity index is 2.47. The van der Waals surface area contributed by atoms with Crippen LogP contribution in [0.15, 0.2) is 40.9 Å². The second-order valence-electron chi connectivity index (χ2n) is 4.70.